The molecule has 2 amide bonds. The van der Waals surface area contributed by atoms with Gasteiger partial charge in [0, 0.05) is 38.5 Å². The maximum Gasteiger partial charge on any atom is 0.409 e. The van der Waals surface area contributed by atoms with Gasteiger partial charge in [-0.2, -0.15) is 0 Å². The fourth-order valence-electron chi connectivity index (χ4n) is 4.37. The zero-order valence-electron chi connectivity index (χ0n) is 22.5. The summed E-state index contributed by atoms with van der Waals surface area (Å²) in [6.45, 7) is 6.84. The number of rotatable bonds is 13. The van der Waals surface area contributed by atoms with E-state index >= 15 is 0 Å². The van der Waals surface area contributed by atoms with E-state index in [-0.39, 0.29) is 45.2 Å². The van der Waals surface area contributed by atoms with Crippen LogP contribution >= 0.6 is 0 Å². The molecule has 208 valence electrons. The molecule has 0 saturated heterocycles. The van der Waals surface area contributed by atoms with Crippen LogP contribution in [0.5, 0.6) is 0 Å². The van der Waals surface area contributed by atoms with Gasteiger partial charge >= 0.3 is 18.2 Å². The number of carboxylic acid groups (broad SMARTS) is 1. The lowest BCUT2D eigenvalue weighted by Gasteiger charge is -2.24. The van der Waals surface area contributed by atoms with Gasteiger partial charge in [-0.15, -0.1) is 0 Å². The van der Waals surface area contributed by atoms with Crippen molar-refractivity contribution in [2.24, 2.45) is 5.11 Å². The SMILES string of the molecule is C[Si](C)(C)CCOC(=O)N(CCN=[N+]=[N-])CC[C@H](NC(=O)OCC1c2ccccc2-c2ccccc21)C(=O)O. The van der Waals surface area contributed by atoms with Crippen LogP contribution < -0.4 is 5.32 Å². The summed E-state index contributed by atoms with van der Waals surface area (Å²) in [5, 5.41) is 15.5. The average Bonchev–Trinajstić information content (AvgIpc) is 3.21. The first-order valence-corrected chi connectivity index (χ1v) is 16.6. The molecule has 3 rings (SSSR count). The number of amides is 2. The fraction of sp³-hybridized carbons (Fsp3) is 0.444. The molecule has 0 fully saturated rings. The molecule has 1 atom stereocenters. The van der Waals surface area contributed by atoms with E-state index in [1.165, 1.54) is 4.90 Å². The van der Waals surface area contributed by atoms with Gasteiger partial charge in [-0.05, 0) is 40.2 Å². The van der Waals surface area contributed by atoms with E-state index in [0.29, 0.717) is 0 Å². The molecule has 2 N–H and O–H groups in total. The molecule has 0 radical (unpaired) electrons. The zero-order chi connectivity index (χ0) is 28.4. The lowest BCUT2D eigenvalue weighted by atomic mass is 9.98. The summed E-state index contributed by atoms with van der Waals surface area (Å²) in [6.07, 6.45) is -1.56. The molecule has 0 bridgehead atoms. The van der Waals surface area contributed by atoms with Crippen LogP contribution in [-0.2, 0) is 14.3 Å². The lowest BCUT2D eigenvalue weighted by Crippen LogP contribution is -2.45. The molecule has 2 aromatic rings. The lowest BCUT2D eigenvalue weighted by molar-refractivity contribution is -0.139. The molecule has 0 heterocycles. The molecule has 11 nitrogen and oxygen atoms in total. The topological polar surface area (TPSA) is 154 Å². The van der Waals surface area contributed by atoms with Crippen LogP contribution in [0.4, 0.5) is 9.59 Å². The maximum atomic E-state index is 12.6. The molecule has 0 saturated carbocycles. The number of benzene rings is 2. The number of azide groups is 1. The quantitative estimate of drug-likeness (QED) is 0.145. The first-order valence-electron chi connectivity index (χ1n) is 12.9. The summed E-state index contributed by atoms with van der Waals surface area (Å²) in [5.41, 5.74) is 12.8. The van der Waals surface area contributed by atoms with Gasteiger partial charge in [-0.25, -0.2) is 14.4 Å². The number of carbonyl (C=O) groups is 3. The number of hydrogen-bond acceptors (Lipinski definition) is 6. The van der Waals surface area contributed by atoms with Crippen LogP contribution in [0.2, 0.25) is 25.7 Å². The molecular weight excluding hydrogens is 518 g/mol. The van der Waals surface area contributed by atoms with E-state index in [0.717, 1.165) is 28.3 Å². The predicted molar refractivity (Wildman–Crippen MR) is 149 cm³/mol. The molecule has 2 aromatic carbocycles. The van der Waals surface area contributed by atoms with Crippen LogP contribution in [-0.4, -0.2) is 75.1 Å². The second-order valence-electron chi connectivity index (χ2n) is 10.5. The van der Waals surface area contributed by atoms with E-state index in [1.54, 1.807) is 0 Å². The van der Waals surface area contributed by atoms with Crippen LogP contribution in [0.25, 0.3) is 21.6 Å². The van der Waals surface area contributed by atoms with E-state index in [1.807, 2.05) is 48.5 Å². The Bertz CT molecular complexity index is 1180. The number of fused-ring (bicyclic) bond motifs is 3. The number of nitrogens with zero attached hydrogens (tertiary/aromatic N) is 4. The first kappa shape index (κ1) is 29.5. The number of aliphatic carboxylic acids is 1. The van der Waals surface area contributed by atoms with Gasteiger partial charge in [-0.1, -0.05) is 73.3 Å². The van der Waals surface area contributed by atoms with Crippen molar-refractivity contribution >= 4 is 26.2 Å². The van der Waals surface area contributed by atoms with Crippen molar-refractivity contribution < 1.29 is 29.0 Å². The van der Waals surface area contributed by atoms with Crippen molar-refractivity contribution in [1.29, 1.82) is 0 Å². The Balaban J connectivity index is 1.58. The van der Waals surface area contributed by atoms with Gasteiger partial charge < -0.3 is 24.8 Å². The second kappa shape index (κ2) is 13.7. The highest BCUT2D eigenvalue weighted by atomic mass is 28.3. The number of carbonyl (C=O) groups excluding carboxylic acids is 2. The highest BCUT2D eigenvalue weighted by Crippen LogP contribution is 2.44. The minimum atomic E-state index is -1.42. The predicted octanol–water partition coefficient (Wildman–Crippen LogP) is 5.46. The summed E-state index contributed by atoms with van der Waals surface area (Å²) < 4.78 is 10.8. The number of hydrogen-bond donors (Lipinski definition) is 2. The molecular formula is C27H35N5O6Si. The normalized spacial score (nSPS) is 12.9. The number of ether oxygens (including phenoxy) is 2. The molecule has 12 heteroatoms. The minimum absolute atomic E-state index is 0.0111. The van der Waals surface area contributed by atoms with Crippen molar-refractivity contribution in [1.82, 2.24) is 10.2 Å². The first-order chi connectivity index (χ1) is 18.6. The molecule has 0 aromatic heterocycles. The monoisotopic (exact) mass is 553 g/mol. The molecule has 39 heavy (non-hydrogen) atoms. The molecule has 0 aliphatic heterocycles. The minimum Gasteiger partial charge on any atom is -0.480 e. The largest absolute Gasteiger partial charge is 0.480 e. The Morgan fingerprint density at radius 3 is 2.23 bits per heavy atom. The van der Waals surface area contributed by atoms with Gasteiger partial charge in [0.2, 0.25) is 0 Å². The second-order valence-corrected chi connectivity index (χ2v) is 16.1. The van der Waals surface area contributed by atoms with Crippen molar-refractivity contribution in [3.05, 3.63) is 70.1 Å². The molecule has 1 aliphatic rings. The highest BCUT2D eigenvalue weighted by Gasteiger charge is 2.30. The number of alkyl carbamates (subject to hydrolysis) is 1. The van der Waals surface area contributed by atoms with Crippen molar-refractivity contribution in [3.8, 4) is 11.1 Å². The smallest absolute Gasteiger partial charge is 0.409 e. The van der Waals surface area contributed by atoms with E-state index in [9.17, 15) is 19.5 Å². The summed E-state index contributed by atoms with van der Waals surface area (Å²) in [4.78, 5) is 41.1. The van der Waals surface area contributed by atoms with Gasteiger partial charge in [0.15, 0.2) is 0 Å². The number of nitrogens with one attached hydrogen (secondary N) is 1. The summed E-state index contributed by atoms with van der Waals surface area (Å²) >= 11 is 0. The van der Waals surface area contributed by atoms with Crippen LogP contribution in [0.3, 0.4) is 0 Å². The van der Waals surface area contributed by atoms with Gasteiger partial charge in [0.1, 0.15) is 12.6 Å². The third-order valence-electron chi connectivity index (χ3n) is 6.49. The Morgan fingerprint density at radius 2 is 1.67 bits per heavy atom. The fourth-order valence-corrected chi connectivity index (χ4v) is 5.08. The van der Waals surface area contributed by atoms with Crippen LogP contribution in [0.15, 0.2) is 53.6 Å². The van der Waals surface area contributed by atoms with Crippen molar-refractivity contribution in [2.45, 2.75) is 44.1 Å². The Hall–Kier alpha value is -4.02. The third kappa shape index (κ3) is 8.49. The Morgan fingerprint density at radius 1 is 1.05 bits per heavy atom. The van der Waals surface area contributed by atoms with Crippen LogP contribution in [0, 0.1) is 0 Å². The summed E-state index contributed by atoms with van der Waals surface area (Å²) in [5.74, 6) is -1.42. The summed E-state index contributed by atoms with van der Waals surface area (Å²) in [6, 6.07) is 15.3. The zero-order valence-corrected chi connectivity index (χ0v) is 23.5. The van der Waals surface area contributed by atoms with Gasteiger partial charge in [0.05, 0.1) is 6.61 Å². The van der Waals surface area contributed by atoms with E-state index in [4.69, 9.17) is 15.0 Å². The third-order valence-corrected chi connectivity index (χ3v) is 8.19. The van der Waals surface area contributed by atoms with Crippen LogP contribution in [0.1, 0.15) is 23.5 Å². The van der Waals surface area contributed by atoms with Gasteiger partial charge in [0.25, 0.3) is 0 Å². The Kier molecular flexibility index (Phi) is 10.4. The molecule has 1 aliphatic carbocycles. The van der Waals surface area contributed by atoms with Crippen molar-refractivity contribution in [2.75, 3.05) is 32.8 Å². The standard InChI is InChI=1S/C27H35N5O6Si/c1-39(2,3)17-16-37-27(36)32(15-13-29-31-28)14-12-24(25(33)34)30-26(35)38-18-23-21-10-6-4-8-19(21)20-9-5-7-11-22(20)23/h4-11,23-24H,12-18H2,1-3H3,(H,30,35)(H,33,34)/t24-/m0/s1. The number of carboxylic acids is 1. The highest BCUT2D eigenvalue weighted by molar-refractivity contribution is 6.76. The molecule has 0 spiro atoms. The summed E-state index contributed by atoms with van der Waals surface area (Å²) in [7, 11) is -1.42. The van der Waals surface area contributed by atoms with E-state index in [2.05, 4.69) is 35.0 Å². The van der Waals surface area contributed by atoms with Crippen molar-refractivity contribution in [3.63, 3.8) is 0 Å². The Labute approximate surface area is 228 Å². The maximum absolute atomic E-state index is 12.6. The van der Waals surface area contributed by atoms with E-state index < -0.39 is 32.3 Å². The van der Waals surface area contributed by atoms with Gasteiger partial charge in [-0.3, -0.25) is 0 Å². The molecule has 0 unspecified atom stereocenters. The average molecular weight is 554 g/mol.